The molecule has 0 radical (unpaired) electrons. The van der Waals surface area contributed by atoms with Crippen molar-refractivity contribution in [2.75, 3.05) is 83.6 Å². The Hall–Kier alpha value is -2.23. The van der Waals surface area contributed by atoms with Crippen LogP contribution in [-0.4, -0.2) is 105 Å². The van der Waals surface area contributed by atoms with Gasteiger partial charge in [0.05, 0.1) is 18.9 Å². The maximum Gasteiger partial charge on any atom is 0.220 e. The number of piperidine rings is 1. The van der Waals surface area contributed by atoms with Gasteiger partial charge in [-0.25, -0.2) is 4.39 Å². The lowest BCUT2D eigenvalue weighted by molar-refractivity contribution is -0.121. The van der Waals surface area contributed by atoms with Crippen LogP contribution >= 0.6 is 11.6 Å². The van der Waals surface area contributed by atoms with E-state index in [1.807, 2.05) is 30.3 Å². The third kappa shape index (κ3) is 8.64. The molecular formula is C32H45ClFN5O2. The fourth-order valence-corrected chi connectivity index (χ4v) is 6.83. The molecule has 1 amide bonds. The third-order valence-corrected chi connectivity index (χ3v) is 9.29. The van der Waals surface area contributed by atoms with E-state index in [1.165, 1.54) is 0 Å². The van der Waals surface area contributed by atoms with Crippen LogP contribution in [-0.2, 0) is 16.1 Å². The second-order valence-corrected chi connectivity index (χ2v) is 12.0. The van der Waals surface area contributed by atoms with Crippen LogP contribution in [0.1, 0.15) is 31.2 Å². The highest BCUT2D eigenvalue weighted by atomic mass is 35.5. The molecule has 7 nitrogen and oxygen atoms in total. The number of nitrogens with one attached hydrogen (secondary N) is 1. The average molecular weight is 586 g/mol. The number of amides is 1. The van der Waals surface area contributed by atoms with Crippen LogP contribution in [0.2, 0.25) is 5.02 Å². The van der Waals surface area contributed by atoms with Crippen molar-refractivity contribution in [1.29, 1.82) is 0 Å². The number of piperazine rings is 1. The highest BCUT2D eigenvalue weighted by Gasteiger charge is 2.35. The van der Waals surface area contributed by atoms with E-state index in [9.17, 15) is 9.18 Å². The van der Waals surface area contributed by atoms with E-state index in [0.29, 0.717) is 24.1 Å². The smallest absolute Gasteiger partial charge is 0.220 e. The first kappa shape index (κ1) is 30.2. The van der Waals surface area contributed by atoms with Gasteiger partial charge < -0.3 is 15.0 Å². The van der Waals surface area contributed by atoms with E-state index < -0.39 is 0 Å². The molecule has 3 saturated heterocycles. The number of likely N-dealkylation sites (tertiary alicyclic amines) is 1. The van der Waals surface area contributed by atoms with Gasteiger partial charge in [-0.2, -0.15) is 0 Å². The lowest BCUT2D eigenvalue weighted by Gasteiger charge is -2.47. The van der Waals surface area contributed by atoms with Crippen LogP contribution in [0, 0.1) is 11.7 Å². The first-order chi connectivity index (χ1) is 20.1. The topological polar surface area (TPSA) is 51.3 Å². The first-order valence-electron chi connectivity index (χ1n) is 15.3. The summed E-state index contributed by atoms with van der Waals surface area (Å²) in [6.07, 6.45) is 3.45. The summed E-state index contributed by atoms with van der Waals surface area (Å²) in [5.41, 5.74) is 1.85. The second-order valence-electron chi connectivity index (χ2n) is 11.6. The minimum Gasteiger partial charge on any atom is -0.379 e. The van der Waals surface area contributed by atoms with Crippen molar-refractivity contribution < 1.29 is 13.9 Å². The summed E-state index contributed by atoms with van der Waals surface area (Å²) in [5, 5.41) is 3.97. The van der Waals surface area contributed by atoms with Gasteiger partial charge in [-0.05, 0) is 62.0 Å². The number of rotatable bonds is 11. The molecule has 0 saturated carbocycles. The Balaban J connectivity index is 1.14. The van der Waals surface area contributed by atoms with E-state index >= 15 is 0 Å². The van der Waals surface area contributed by atoms with Gasteiger partial charge in [0.2, 0.25) is 5.91 Å². The number of hydrogen-bond donors (Lipinski definition) is 1. The molecule has 41 heavy (non-hydrogen) atoms. The molecule has 224 valence electrons. The Bertz CT molecular complexity index is 1110. The zero-order valence-corrected chi connectivity index (χ0v) is 24.9. The molecule has 9 heteroatoms. The minimum absolute atomic E-state index is 0.150. The van der Waals surface area contributed by atoms with E-state index in [4.69, 9.17) is 16.3 Å². The lowest BCUT2D eigenvalue weighted by Crippen LogP contribution is -2.56. The van der Waals surface area contributed by atoms with Crippen LogP contribution in [0.5, 0.6) is 0 Å². The van der Waals surface area contributed by atoms with Crippen LogP contribution in [0.25, 0.3) is 0 Å². The highest BCUT2D eigenvalue weighted by Crippen LogP contribution is 2.30. The summed E-state index contributed by atoms with van der Waals surface area (Å²) >= 11 is 6.49. The fourth-order valence-electron chi connectivity index (χ4n) is 6.63. The van der Waals surface area contributed by atoms with Crippen molar-refractivity contribution in [3.63, 3.8) is 0 Å². The number of carbonyl (C=O) groups excluding carboxylic acids is 1. The zero-order chi connectivity index (χ0) is 28.4. The molecule has 3 aliphatic heterocycles. The van der Waals surface area contributed by atoms with E-state index in [-0.39, 0.29) is 11.7 Å². The average Bonchev–Trinajstić information content (AvgIpc) is 3.00. The van der Waals surface area contributed by atoms with Gasteiger partial charge in [-0.1, -0.05) is 41.9 Å². The molecule has 2 aromatic carbocycles. The lowest BCUT2D eigenvalue weighted by atomic mass is 9.86. The van der Waals surface area contributed by atoms with Crippen molar-refractivity contribution in [1.82, 2.24) is 20.0 Å². The summed E-state index contributed by atoms with van der Waals surface area (Å²) < 4.78 is 19.8. The fraction of sp³-hybridized carbons (Fsp3) is 0.594. The zero-order valence-electron chi connectivity index (χ0n) is 24.2. The third-order valence-electron chi connectivity index (χ3n) is 8.93. The summed E-state index contributed by atoms with van der Waals surface area (Å²) in [4.78, 5) is 22.5. The molecule has 2 aromatic rings. The van der Waals surface area contributed by atoms with Crippen molar-refractivity contribution in [2.24, 2.45) is 5.92 Å². The number of anilines is 1. The molecule has 3 fully saturated rings. The normalized spacial score (nSPS) is 23.0. The number of halogens is 2. The van der Waals surface area contributed by atoms with Crippen LogP contribution < -0.4 is 10.2 Å². The van der Waals surface area contributed by atoms with Gasteiger partial charge in [-0.3, -0.25) is 19.5 Å². The summed E-state index contributed by atoms with van der Waals surface area (Å²) in [5.74, 6) is 0.395. The van der Waals surface area contributed by atoms with Crippen LogP contribution in [0.3, 0.4) is 0 Å². The van der Waals surface area contributed by atoms with Crippen molar-refractivity contribution in [3.8, 4) is 0 Å². The minimum atomic E-state index is -0.150. The molecule has 3 aliphatic rings. The van der Waals surface area contributed by atoms with Crippen molar-refractivity contribution in [2.45, 2.75) is 38.3 Å². The van der Waals surface area contributed by atoms with E-state index in [1.54, 1.807) is 12.1 Å². The van der Waals surface area contributed by atoms with Crippen LogP contribution in [0.4, 0.5) is 10.1 Å². The molecule has 0 aliphatic carbocycles. The van der Waals surface area contributed by atoms with Gasteiger partial charge in [0, 0.05) is 76.4 Å². The molecule has 0 aromatic heterocycles. The molecule has 3 heterocycles. The highest BCUT2D eigenvalue weighted by molar-refractivity contribution is 6.31. The monoisotopic (exact) mass is 585 g/mol. The second kappa shape index (κ2) is 15.3. The largest absolute Gasteiger partial charge is 0.379 e. The van der Waals surface area contributed by atoms with Crippen LogP contribution in [0.15, 0.2) is 48.5 Å². The number of nitrogens with zero attached hydrogens (tertiary/aromatic N) is 4. The molecule has 2 atom stereocenters. The molecule has 1 N–H and O–H groups in total. The van der Waals surface area contributed by atoms with E-state index in [0.717, 1.165) is 115 Å². The van der Waals surface area contributed by atoms with Gasteiger partial charge >= 0.3 is 0 Å². The Labute approximate surface area is 249 Å². The van der Waals surface area contributed by atoms with Gasteiger partial charge in [0.15, 0.2) is 0 Å². The number of morpholine rings is 1. The van der Waals surface area contributed by atoms with Crippen molar-refractivity contribution >= 4 is 23.2 Å². The Morgan fingerprint density at radius 2 is 1.71 bits per heavy atom. The summed E-state index contributed by atoms with van der Waals surface area (Å²) in [6, 6.07) is 15.6. The number of carbonyl (C=O) groups is 1. The SMILES string of the molecule is O=C(CC[C@@H]1CN(Cc2ccccc2Cl)CC[C@@H]1N1CCN(c2ccccc2F)CC1)NCCCN1CCOCC1. The maximum atomic E-state index is 14.4. The van der Waals surface area contributed by atoms with Gasteiger partial charge in [0.1, 0.15) is 5.82 Å². The molecular weight excluding hydrogens is 541 g/mol. The summed E-state index contributed by atoms with van der Waals surface area (Å²) in [6.45, 7) is 11.5. The predicted octanol–water partition coefficient (Wildman–Crippen LogP) is 4.11. The number of para-hydroxylation sites is 1. The van der Waals surface area contributed by atoms with E-state index in [2.05, 4.69) is 31.0 Å². The number of benzene rings is 2. The number of ether oxygens (including phenoxy) is 1. The van der Waals surface area contributed by atoms with Crippen molar-refractivity contribution in [3.05, 3.63) is 64.9 Å². The van der Waals surface area contributed by atoms with Gasteiger partial charge in [0.25, 0.3) is 0 Å². The first-order valence-corrected chi connectivity index (χ1v) is 15.7. The standard InChI is InChI=1S/C32H45ClFN5O2/c33-28-7-2-1-6-26(28)24-37-15-12-30(38-16-18-39(19-17-38)31-9-4-3-8-29(31)34)27(25-37)10-11-32(40)35-13-5-14-36-20-22-41-23-21-36/h1-4,6-9,27,30H,5,10-25H2,(H,35,40)/t27-,30+/m1/s1. The van der Waals surface area contributed by atoms with Gasteiger partial charge in [-0.15, -0.1) is 0 Å². The Morgan fingerprint density at radius 1 is 0.951 bits per heavy atom. The molecule has 0 unspecified atom stereocenters. The Kier molecular flexibility index (Phi) is 11.3. The molecule has 0 spiro atoms. The quantitative estimate of drug-likeness (QED) is 0.401. The molecule has 5 rings (SSSR count). The Morgan fingerprint density at radius 3 is 2.49 bits per heavy atom. The maximum absolute atomic E-state index is 14.4. The summed E-state index contributed by atoms with van der Waals surface area (Å²) in [7, 11) is 0. The number of hydrogen-bond acceptors (Lipinski definition) is 6. The molecule has 0 bridgehead atoms. The predicted molar refractivity (Wildman–Crippen MR) is 163 cm³/mol.